The van der Waals surface area contributed by atoms with Crippen LogP contribution in [0.2, 0.25) is 0 Å². The zero-order chi connectivity index (χ0) is 18.6. The number of anilines is 1. The van der Waals surface area contributed by atoms with E-state index in [0.717, 1.165) is 23.4 Å². The van der Waals surface area contributed by atoms with E-state index < -0.39 is 23.7 Å². The fraction of sp³-hybridized carbons (Fsp3) is 0.308. The molecule has 1 heterocycles. The number of hydrogen-bond donors (Lipinski definition) is 1. The van der Waals surface area contributed by atoms with E-state index in [2.05, 4.69) is 15.5 Å². The largest absolute Gasteiger partial charge is 0.451 e. The van der Waals surface area contributed by atoms with Crippen LogP contribution in [-0.2, 0) is 18.0 Å². The Labute approximate surface area is 147 Å². The van der Waals surface area contributed by atoms with Gasteiger partial charge in [0.1, 0.15) is 0 Å². The van der Waals surface area contributed by atoms with Gasteiger partial charge >= 0.3 is 6.18 Å². The van der Waals surface area contributed by atoms with Crippen LogP contribution in [0.1, 0.15) is 5.82 Å². The molecule has 0 atom stereocenters. The van der Waals surface area contributed by atoms with Crippen molar-refractivity contribution >= 4 is 35.1 Å². The predicted octanol–water partition coefficient (Wildman–Crippen LogP) is 3.88. The zero-order valence-electron chi connectivity index (χ0n) is 12.6. The summed E-state index contributed by atoms with van der Waals surface area (Å²) in [6.07, 6.45) is -4.64. The SMILES string of the molecule is Cn1c(SCC(=O)Nc2ccccc2SC(F)F)nnc1C(F)(F)F. The third-order valence-electron chi connectivity index (χ3n) is 2.80. The highest BCUT2D eigenvalue weighted by molar-refractivity contribution is 8.00. The summed E-state index contributed by atoms with van der Waals surface area (Å²) in [5.41, 5.74) is 0.201. The summed E-state index contributed by atoms with van der Waals surface area (Å²) < 4.78 is 63.6. The number of alkyl halides is 5. The van der Waals surface area contributed by atoms with Crippen LogP contribution in [0, 0.1) is 0 Å². The second-order valence-corrected chi connectivity index (χ2v) is 6.55. The minimum atomic E-state index is -4.64. The monoisotopic (exact) mass is 398 g/mol. The second-order valence-electron chi connectivity index (χ2n) is 4.57. The molecule has 0 fully saturated rings. The van der Waals surface area contributed by atoms with Crippen molar-refractivity contribution in [3.8, 4) is 0 Å². The van der Waals surface area contributed by atoms with Crippen LogP contribution < -0.4 is 5.32 Å². The van der Waals surface area contributed by atoms with Crippen molar-refractivity contribution in [1.82, 2.24) is 14.8 Å². The molecule has 0 spiro atoms. The molecular formula is C13H11F5N4OS2. The number of carbonyl (C=O) groups is 1. The number of nitrogens with one attached hydrogen (secondary N) is 1. The van der Waals surface area contributed by atoms with Crippen LogP contribution in [0.3, 0.4) is 0 Å². The third-order valence-corrected chi connectivity index (χ3v) is 4.61. The molecule has 0 aliphatic rings. The summed E-state index contributed by atoms with van der Waals surface area (Å²) >= 11 is 1.04. The van der Waals surface area contributed by atoms with Gasteiger partial charge in [-0.2, -0.15) is 22.0 Å². The maximum absolute atomic E-state index is 12.6. The van der Waals surface area contributed by atoms with E-state index in [4.69, 9.17) is 0 Å². The fourth-order valence-electron chi connectivity index (χ4n) is 1.77. The van der Waals surface area contributed by atoms with Crippen molar-refractivity contribution in [3.05, 3.63) is 30.1 Å². The summed E-state index contributed by atoms with van der Waals surface area (Å²) in [7, 11) is 1.14. The van der Waals surface area contributed by atoms with E-state index in [9.17, 15) is 26.7 Å². The summed E-state index contributed by atoms with van der Waals surface area (Å²) in [5, 5.41) is 8.80. The number of benzene rings is 1. The topological polar surface area (TPSA) is 59.8 Å². The van der Waals surface area contributed by atoms with Gasteiger partial charge in [-0.05, 0) is 12.1 Å². The highest BCUT2D eigenvalue weighted by Crippen LogP contribution is 2.32. The Morgan fingerprint density at radius 2 is 1.96 bits per heavy atom. The Kier molecular flexibility index (Phi) is 6.27. The summed E-state index contributed by atoms with van der Waals surface area (Å²) in [4.78, 5) is 12.1. The quantitative estimate of drug-likeness (QED) is 0.591. The van der Waals surface area contributed by atoms with Gasteiger partial charge < -0.3 is 9.88 Å². The molecule has 0 radical (unpaired) electrons. The standard InChI is InChI=1S/C13H11F5N4OS2/c1-22-10(13(16,17)18)20-21-12(22)24-6-9(23)19-7-4-2-3-5-8(7)25-11(14)15/h2-5,11H,6H2,1H3,(H,19,23). The minimum absolute atomic E-state index is 0.0854. The zero-order valence-corrected chi connectivity index (χ0v) is 14.2. The lowest BCUT2D eigenvalue weighted by Crippen LogP contribution is -2.16. The van der Waals surface area contributed by atoms with Gasteiger partial charge in [0.05, 0.1) is 11.4 Å². The lowest BCUT2D eigenvalue weighted by molar-refractivity contribution is -0.147. The van der Waals surface area contributed by atoms with E-state index in [1.165, 1.54) is 12.1 Å². The summed E-state index contributed by atoms with van der Waals surface area (Å²) in [6.45, 7) is 0. The molecule has 0 aliphatic carbocycles. The third kappa shape index (κ3) is 5.33. The molecule has 0 saturated heterocycles. The molecule has 1 aromatic heterocycles. The number of nitrogens with zero attached hydrogens (tertiary/aromatic N) is 3. The summed E-state index contributed by atoms with van der Waals surface area (Å²) in [5.74, 6) is -4.64. The van der Waals surface area contributed by atoms with Gasteiger partial charge in [0.25, 0.3) is 5.76 Å². The Morgan fingerprint density at radius 3 is 2.56 bits per heavy atom. The number of para-hydroxylation sites is 1. The van der Waals surface area contributed by atoms with E-state index in [-0.39, 0.29) is 33.3 Å². The van der Waals surface area contributed by atoms with Gasteiger partial charge in [-0.1, -0.05) is 35.7 Å². The number of hydrogen-bond acceptors (Lipinski definition) is 5. The Hall–Kier alpha value is -1.82. The molecule has 1 aromatic carbocycles. The van der Waals surface area contributed by atoms with E-state index in [1.54, 1.807) is 12.1 Å². The molecular weight excluding hydrogens is 387 g/mol. The van der Waals surface area contributed by atoms with Crippen LogP contribution in [0.15, 0.2) is 34.3 Å². The molecule has 2 aromatic rings. The molecule has 2 rings (SSSR count). The molecule has 0 unspecified atom stereocenters. The van der Waals surface area contributed by atoms with E-state index >= 15 is 0 Å². The van der Waals surface area contributed by atoms with Crippen molar-refractivity contribution in [2.24, 2.45) is 7.05 Å². The highest BCUT2D eigenvalue weighted by atomic mass is 32.2. The van der Waals surface area contributed by atoms with Gasteiger partial charge in [-0.15, -0.1) is 10.2 Å². The molecule has 0 bridgehead atoms. The first-order valence-electron chi connectivity index (χ1n) is 6.61. The van der Waals surface area contributed by atoms with Crippen molar-refractivity contribution in [3.63, 3.8) is 0 Å². The van der Waals surface area contributed by atoms with Gasteiger partial charge in [-0.25, -0.2) is 0 Å². The van der Waals surface area contributed by atoms with Crippen molar-refractivity contribution in [2.75, 3.05) is 11.1 Å². The second kappa shape index (κ2) is 8.04. The molecule has 0 saturated carbocycles. The van der Waals surface area contributed by atoms with Crippen LogP contribution in [0.5, 0.6) is 0 Å². The van der Waals surface area contributed by atoms with Gasteiger partial charge in [0.15, 0.2) is 5.16 Å². The first kappa shape index (κ1) is 19.5. The number of rotatable bonds is 6. The predicted molar refractivity (Wildman–Crippen MR) is 83.7 cm³/mol. The first-order chi connectivity index (χ1) is 11.7. The highest BCUT2D eigenvalue weighted by Gasteiger charge is 2.37. The number of halogens is 5. The van der Waals surface area contributed by atoms with Gasteiger partial charge in [-0.3, -0.25) is 4.79 Å². The molecule has 136 valence electrons. The first-order valence-corrected chi connectivity index (χ1v) is 8.48. The van der Waals surface area contributed by atoms with Crippen LogP contribution >= 0.6 is 23.5 Å². The van der Waals surface area contributed by atoms with Gasteiger partial charge in [0.2, 0.25) is 11.7 Å². The number of aromatic nitrogens is 3. The summed E-state index contributed by atoms with van der Waals surface area (Å²) in [6, 6.07) is 6.00. The average Bonchev–Trinajstić information content (AvgIpc) is 2.88. The smallest absolute Gasteiger partial charge is 0.324 e. The van der Waals surface area contributed by atoms with Crippen LogP contribution in [-0.4, -0.2) is 32.2 Å². The molecule has 1 amide bonds. The van der Waals surface area contributed by atoms with Crippen molar-refractivity contribution < 1.29 is 26.7 Å². The maximum Gasteiger partial charge on any atom is 0.451 e. The lowest BCUT2D eigenvalue weighted by Gasteiger charge is -2.10. The molecule has 12 heteroatoms. The molecule has 0 aliphatic heterocycles. The Balaban J connectivity index is 1.99. The maximum atomic E-state index is 12.6. The molecule has 25 heavy (non-hydrogen) atoms. The van der Waals surface area contributed by atoms with Crippen LogP contribution in [0.4, 0.5) is 27.6 Å². The fourth-order valence-corrected chi connectivity index (χ4v) is 3.08. The number of thioether (sulfide) groups is 2. The Morgan fingerprint density at radius 1 is 1.28 bits per heavy atom. The van der Waals surface area contributed by atoms with E-state index in [0.29, 0.717) is 0 Å². The molecule has 5 nitrogen and oxygen atoms in total. The number of carbonyl (C=O) groups excluding carboxylic acids is 1. The average molecular weight is 398 g/mol. The van der Waals surface area contributed by atoms with Crippen LogP contribution in [0.25, 0.3) is 0 Å². The normalized spacial score (nSPS) is 11.8. The number of amides is 1. The van der Waals surface area contributed by atoms with E-state index in [1.807, 2.05) is 0 Å². The molecule has 1 N–H and O–H groups in total. The Bertz CT molecular complexity index is 750. The van der Waals surface area contributed by atoms with Gasteiger partial charge in [0, 0.05) is 11.9 Å². The minimum Gasteiger partial charge on any atom is -0.324 e. The van der Waals surface area contributed by atoms with Crippen molar-refractivity contribution in [2.45, 2.75) is 22.0 Å². The van der Waals surface area contributed by atoms with Crippen molar-refractivity contribution in [1.29, 1.82) is 0 Å². The lowest BCUT2D eigenvalue weighted by atomic mass is 10.3.